The lowest BCUT2D eigenvalue weighted by Gasteiger charge is -1.89. The molecule has 0 aromatic carbocycles. The van der Waals surface area contributed by atoms with Crippen LogP contribution < -0.4 is 0 Å². The van der Waals surface area contributed by atoms with E-state index in [-0.39, 0.29) is 0 Å². The Hall–Kier alpha value is -0.260. The standard InChI is InChI=1S/C7H12.C2H6/c1-6-3-4-7(2)5-6;1-2/h5-6H,3-4H2,1-2H3;1-2H3. The smallest absolute Gasteiger partial charge is 0.0256 e. The summed E-state index contributed by atoms with van der Waals surface area (Å²) in [5, 5.41) is 0. The van der Waals surface area contributed by atoms with E-state index >= 15 is 0 Å². The van der Waals surface area contributed by atoms with Gasteiger partial charge in [-0.1, -0.05) is 32.4 Å². The van der Waals surface area contributed by atoms with E-state index < -0.39 is 0 Å². The number of hydrogen-bond donors (Lipinski definition) is 0. The van der Waals surface area contributed by atoms with Gasteiger partial charge in [-0.15, -0.1) is 0 Å². The lowest BCUT2D eigenvalue weighted by atomic mass is 10.2. The Kier molecular flexibility index (Phi) is 4.47. The highest BCUT2D eigenvalue weighted by molar-refractivity contribution is 5.06. The maximum absolute atomic E-state index is 2.36. The Balaban J connectivity index is 0.000000291. The summed E-state index contributed by atoms with van der Waals surface area (Å²) >= 11 is 0. The van der Waals surface area contributed by atoms with Crippen LogP contribution in [-0.4, -0.2) is 0 Å². The molecule has 0 amide bonds. The maximum Gasteiger partial charge on any atom is -0.0256 e. The summed E-state index contributed by atoms with van der Waals surface area (Å²) in [4.78, 5) is 0. The first-order chi connectivity index (χ1) is 4.29. The van der Waals surface area contributed by atoms with Gasteiger partial charge in [-0.2, -0.15) is 0 Å². The number of hydrogen-bond acceptors (Lipinski definition) is 0. The molecule has 0 nitrogen and oxygen atoms in total. The van der Waals surface area contributed by atoms with E-state index in [0.29, 0.717) is 0 Å². The summed E-state index contributed by atoms with van der Waals surface area (Å²) in [6.45, 7) is 8.49. The summed E-state index contributed by atoms with van der Waals surface area (Å²) in [7, 11) is 0. The third-order valence-corrected chi connectivity index (χ3v) is 1.56. The molecule has 0 fully saturated rings. The lowest BCUT2D eigenvalue weighted by Crippen LogP contribution is -1.76. The predicted molar refractivity (Wildman–Crippen MR) is 43.5 cm³/mol. The molecule has 1 aliphatic carbocycles. The Morgan fingerprint density at radius 1 is 1.44 bits per heavy atom. The van der Waals surface area contributed by atoms with Gasteiger partial charge in [-0.25, -0.2) is 0 Å². The van der Waals surface area contributed by atoms with Crippen molar-refractivity contribution < 1.29 is 0 Å². The summed E-state index contributed by atoms with van der Waals surface area (Å²) < 4.78 is 0. The zero-order chi connectivity index (χ0) is 7.28. The van der Waals surface area contributed by atoms with E-state index in [2.05, 4.69) is 19.9 Å². The molecule has 1 rings (SSSR count). The van der Waals surface area contributed by atoms with E-state index in [1.54, 1.807) is 5.57 Å². The minimum absolute atomic E-state index is 0.861. The van der Waals surface area contributed by atoms with Crippen molar-refractivity contribution in [2.45, 2.75) is 40.5 Å². The molecule has 0 spiro atoms. The van der Waals surface area contributed by atoms with Crippen molar-refractivity contribution in [1.82, 2.24) is 0 Å². The van der Waals surface area contributed by atoms with Crippen molar-refractivity contribution in [2.24, 2.45) is 5.92 Å². The fourth-order valence-corrected chi connectivity index (χ4v) is 1.11. The topological polar surface area (TPSA) is 0 Å². The van der Waals surface area contributed by atoms with Crippen LogP contribution in [0.5, 0.6) is 0 Å². The Morgan fingerprint density at radius 3 is 2.11 bits per heavy atom. The first-order valence-corrected chi connectivity index (χ1v) is 3.96. The van der Waals surface area contributed by atoms with Gasteiger partial charge in [0.15, 0.2) is 0 Å². The van der Waals surface area contributed by atoms with Gasteiger partial charge >= 0.3 is 0 Å². The Morgan fingerprint density at radius 2 is 2.00 bits per heavy atom. The van der Waals surface area contributed by atoms with E-state index in [1.165, 1.54) is 12.8 Å². The van der Waals surface area contributed by atoms with Gasteiger partial charge < -0.3 is 0 Å². The van der Waals surface area contributed by atoms with Crippen LogP contribution in [0, 0.1) is 5.92 Å². The summed E-state index contributed by atoms with van der Waals surface area (Å²) in [6.07, 6.45) is 5.08. The minimum Gasteiger partial charge on any atom is -0.0828 e. The van der Waals surface area contributed by atoms with Crippen molar-refractivity contribution in [3.05, 3.63) is 11.6 Å². The average molecular weight is 126 g/mol. The molecule has 1 unspecified atom stereocenters. The van der Waals surface area contributed by atoms with Crippen LogP contribution in [0.25, 0.3) is 0 Å². The molecule has 0 saturated carbocycles. The van der Waals surface area contributed by atoms with Gasteiger partial charge in [0.25, 0.3) is 0 Å². The lowest BCUT2D eigenvalue weighted by molar-refractivity contribution is 0.698. The van der Waals surface area contributed by atoms with E-state index in [1.807, 2.05) is 13.8 Å². The van der Waals surface area contributed by atoms with E-state index in [9.17, 15) is 0 Å². The minimum atomic E-state index is 0.861. The van der Waals surface area contributed by atoms with Crippen molar-refractivity contribution in [2.75, 3.05) is 0 Å². The van der Waals surface area contributed by atoms with Crippen LogP contribution in [0.15, 0.2) is 11.6 Å². The molecular weight excluding hydrogens is 108 g/mol. The highest BCUT2D eigenvalue weighted by Gasteiger charge is 2.05. The molecule has 1 atom stereocenters. The highest BCUT2D eigenvalue weighted by atomic mass is 14.1. The van der Waals surface area contributed by atoms with Crippen LogP contribution in [0.4, 0.5) is 0 Å². The molecule has 0 saturated heterocycles. The van der Waals surface area contributed by atoms with Crippen molar-refractivity contribution in [3.8, 4) is 0 Å². The summed E-state index contributed by atoms with van der Waals surface area (Å²) in [6, 6.07) is 0. The number of allylic oxidation sites excluding steroid dienone is 2. The molecule has 54 valence electrons. The normalized spacial score (nSPS) is 24.4. The van der Waals surface area contributed by atoms with Gasteiger partial charge in [0.2, 0.25) is 0 Å². The zero-order valence-electron chi connectivity index (χ0n) is 7.07. The average Bonchev–Trinajstić information content (AvgIpc) is 2.20. The van der Waals surface area contributed by atoms with Gasteiger partial charge in [0.05, 0.1) is 0 Å². The Labute approximate surface area is 59.0 Å². The van der Waals surface area contributed by atoms with Gasteiger partial charge in [-0.05, 0) is 25.7 Å². The second-order valence-electron chi connectivity index (χ2n) is 2.53. The predicted octanol–water partition coefficient (Wildman–Crippen LogP) is 3.39. The van der Waals surface area contributed by atoms with Crippen molar-refractivity contribution in [1.29, 1.82) is 0 Å². The van der Waals surface area contributed by atoms with Crippen LogP contribution in [0.3, 0.4) is 0 Å². The molecule has 1 aliphatic rings. The van der Waals surface area contributed by atoms with Crippen LogP contribution >= 0.6 is 0 Å². The SMILES string of the molecule is CC.CC1=CC(C)CC1. The van der Waals surface area contributed by atoms with Crippen molar-refractivity contribution >= 4 is 0 Å². The third kappa shape index (κ3) is 3.34. The molecule has 0 radical (unpaired) electrons. The summed E-state index contributed by atoms with van der Waals surface area (Å²) in [5.74, 6) is 0.861. The molecule has 0 heterocycles. The van der Waals surface area contributed by atoms with Crippen LogP contribution in [0.2, 0.25) is 0 Å². The van der Waals surface area contributed by atoms with E-state index in [4.69, 9.17) is 0 Å². The first-order valence-electron chi connectivity index (χ1n) is 3.96. The van der Waals surface area contributed by atoms with Crippen LogP contribution in [0.1, 0.15) is 40.5 Å². The first kappa shape index (κ1) is 8.74. The highest BCUT2D eigenvalue weighted by Crippen LogP contribution is 2.21. The maximum atomic E-state index is 2.36. The molecule has 9 heavy (non-hydrogen) atoms. The van der Waals surface area contributed by atoms with E-state index in [0.717, 1.165) is 5.92 Å². The molecule has 0 aliphatic heterocycles. The fraction of sp³-hybridized carbons (Fsp3) is 0.778. The quantitative estimate of drug-likeness (QED) is 0.436. The molecule has 0 bridgehead atoms. The number of rotatable bonds is 0. The Bertz CT molecular complexity index is 90.2. The second-order valence-corrected chi connectivity index (χ2v) is 2.53. The molecule has 0 N–H and O–H groups in total. The van der Waals surface area contributed by atoms with Gasteiger partial charge in [0, 0.05) is 0 Å². The summed E-state index contributed by atoms with van der Waals surface area (Å²) in [5.41, 5.74) is 1.58. The largest absolute Gasteiger partial charge is 0.0828 e. The third-order valence-electron chi connectivity index (χ3n) is 1.56. The zero-order valence-corrected chi connectivity index (χ0v) is 7.07. The molecule has 0 heteroatoms. The fourth-order valence-electron chi connectivity index (χ4n) is 1.11. The van der Waals surface area contributed by atoms with Crippen molar-refractivity contribution in [3.63, 3.8) is 0 Å². The van der Waals surface area contributed by atoms with Gasteiger partial charge in [-0.3, -0.25) is 0 Å². The van der Waals surface area contributed by atoms with Crippen LogP contribution in [-0.2, 0) is 0 Å². The molecule has 0 aromatic rings. The molecular formula is C9H18. The van der Waals surface area contributed by atoms with Gasteiger partial charge in [0.1, 0.15) is 0 Å². The second kappa shape index (κ2) is 4.60. The monoisotopic (exact) mass is 126 g/mol. The molecule has 0 aromatic heterocycles.